The molecule has 1 aromatic carbocycles. The Morgan fingerprint density at radius 1 is 1.13 bits per heavy atom. The van der Waals surface area contributed by atoms with Gasteiger partial charge in [0, 0.05) is 10.8 Å². The Hall–Kier alpha value is -0.460. The highest BCUT2D eigenvalue weighted by atomic mass is 35.5. The first-order valence-electron chi connectivity index (χ1n) is 5.15. The zero-order chi connectivity index (χ0) is 11.1. The fraction of sp³-hybridized carbons (Fsp3) is 0.385. The van der Waals surface area contributed by atoms with Gasteiger partial charge in [-0.3, -0.25) is 0 Å². The summed E-state index contributed by atoms with van der Waals surface area (Å²) >= 11 is 12.3. The van der Waals surface area contributed by atoms with E-state index < -0.39 is 0 Å². The Labute approximate surface area is 102 Å². The molecule has 0 radical (unpaired) electrons. The Kier molecular flexibility index (Phi) is 5.82. The lowest BCUT2D eigenvalue weighted by atomic mass is 10.1. The highest BCUT2D eigenvalue weighted by Crippen LogP contribution is 2.18. The molecule has 0 bridgehead atoms. The lowest BCUT2D eigenvalue weighted by molar-refractivity contribution is 0.703. The normalized spacial score (nSPS) is 14.5. The number of halogens is 2. The van der Waals surface area contributed by atoms with E-state index in [2.05, 4.69) is 18.7 Å². The quantitative estimate of drug-likeness (QED) is 0.512. The molecule has 0 N–H and O–H groups in total. The molecule has 0 heterocycles. The maximum atomic E-state index is 6.23. The Morgan fingerprint density at radius 3 is 2.40 bits per heavy atom. The highest BCUT2D eigenvalue weighted by Gasteiger charge is 2.11. The summed E-state index contributed by atoms with van der Waals surface area (Å²) in [4.78, 5) is 0. The molecule has 0 fully saturated rings. The van der Waals surface area contributed by atoms with Crippen molar-refractivity contribution in [2.24, 2.45) is 0 Å². The minimum absolute atomic E-state index is 0.105. The third-order valence-electron chi connectivity index (χ3n) is 2.23. The van der Waals surface area contributed by atoms with Crippen LogP contribution in [0.15, 0.2) is 43.0 Å². The van der Waals surface area contributed by atoms with Gasteiger partial charge in [0.05, 0.1) is 0 Å². The summed E-state index contributed by atoms with van der Waals surface area (Å²) in [6, 6.07) is 10.2. The van der Waals surface area contributed by atoms with Gasteiger partial charge in [-0.05, 0) is 24.8 Å². The summed E-state index contributed by atoms with van der Waals surface area (Å²) in [6.45, 7) is 3.66. The molecule has 0 aromatic heterocycles. The van der Waals surface area contributed by atoms with Crippen molar-refractivity contribution in [3.8, 4) is 0 Å². The topological polar surface area (TPSA) is 0 Å². The van der Waals surface area contributed by atoms with Crippen LogP contribution in [0.1, 0.15) is 18.4 Å². The van der Waals surface area contributed by atoms with Crippen molar-refractivity contribution in [1.29, 1.82) is 0 Å². The zero-order valence-corrected chi connectivity index (χ0v) is 10.2. The van der Waals surface area contributed by atoms with Crippen LogP contribution in [-0.4, -0.2) is 10.8 Å². The van der Waals surface area contributed by atoms with E-state index >= 15 is 0 Å². The lowest BCUT2D eigenvalue weighted by Crippen LogP contribution is -2.10. The number of rotatable bonds is 6. The fourth-order valence-corrected chi connectivity index (χ4v) is 2.33. The summed E-state index contributed by atoms with van der Waals surface area (Å²) in [7, 11) is 0. The zero-order valence-electron chi connectivity index (χ0n) is 8.70. The maximum Gasteiger partial charge on any atom is 0.0390 e. The van der Waals surface area contributed by atoms with Gasteiger partial charge in [-0.15, -0.1) is 29.8 Å². The van der Waals surface area contributed by atoms with Gasteiger partial charge < -0.3 is 0 Å². The third-order valence-corrected chi connectivity index (χ3v) is 2.92. The Morgan fingerprint density at radius 2 is 1.80 bits per heavy atom. The first-order valence-corrected chi connectivity index (χ1v) is 6.02. The second-order valence-electron chi connectivity index (χ2n) is 3.64. The number of hydrogen-bond acceptors (Lipinski definition) is 0. The molecule has 0 saturated carbocycles. The van der Waals surface area contributed by atoms with Crippen LogP contribution < -0.4 is 0 Å². The maximum absolute atomic E-state index is 6.23. The van der Waals surface area contributed by atoms with Crippen molar-refractivity contribution in [3.63, 3.8) is 0 Å². The first-order chi connectivity index (χ1) is 7.22. The fourth-order valence-electron chi connectivity index (χ4n) is 1.51. The van der Waals surface area contributed by atoms with Crippen LogP contribution in [-0.2, 0) is 6.42 Å². The first kappa shape index (κ1) is 12.6. The predicted octanol–water partition coefficient (Wildman–Crippen LogP) is 4.41. The molecule has 0 spiro atoms. The second kappa shape index (κ2) is 6.92. The molecule has 0 aliphatic heterocycles. The van der Waals surface area contributed by atoms with Gasteiger partial charge in [0.15, 0.2) is 0 Å². The standard InChI is InChI=1S/C13H16Cl2/c1-2-6-12(14)10-13(15)9-11-7-4-3-5-8-11/h2-5,7-8,12-13H,1,6,9-10H2/t12-,13+/m1/s1. The van der Waals surface area contributed by atoms with Gasteiger partial charge in [-0.25, -0.2) is 0 Å². The number of allylic oxidation sites excluding steroid dienone is 1. The van der Waals surface area contributed by atoms with E-state index in [9.17, 15) is 0 Å². The summed E-state index contributed by atoms with van der Waals surface area (Å²) < 4.78 is 0. The van der Waals surface area contributed by atoms with Gasteiger partial charge in [-0.2, -0.15) is 0 Å². The van der Waals surface area contributed by atoms with Crippen molar-refractivity contribution < 1.29 is 0 Å². The van der Waals surface area contributed by atoms with Crippen molar-refractivity contribution in [1.82, 2.24) is 0 Å². The molecule has 0 saturated heterocycles. The van der Waals surface area contributed by atoms with Crippen LogP contribution in [0.3, 0.4) is 0 Å². The van der Waals surface area contributed by atoms with Crippen LogP contribution >= 0.6 is 23.2 Å². The van der Waals surface area contributed by atoms with Crippen molar-refractivity contribution in [2.75, 3.05) is 0 Å². The van der Waals surface area contributed by atoms with E-state index in [0.717, 1.165) is 19.3 Å². The molecular weight excluding hydrogens is 227 g/mol. The number of alkyl halides is 2. The second-order valence-corrected chi connectivity index (χ2v) is 4.88. The predicted molar refractivity (Wildman–Crippen MR) is 68.9 cm³/mol. The molecule has 0 aliphatic rings. The van der Waals surface area contributed by atoms with E-state index in [1.807, 2.05) is 24.3 Å². The third kappa shape index (κ3) is 5.25. The van der Waals surface area contributed by atoms with Crippen LogP contribution in [0.5, 0.6) is 0 Å². The molecule has 15 heavy (non-hydrogen) atoms. The van der Waals surface area contributed by atoms with E-state index in [-0.39, 0.29) is 10.8 Å². The van der Waals surface area contributed by atoms with Crippen LogP contribution in [0, 0.1) is 0 Å². The average Bonchev–Trinajstić information content (AvgIpc) is 2.19. The van der Waals surface area contributed by atoms with Crippen LogP contribution in [0.4, 0.5) is 0 Å². The monoisotopic (exact) mass is 242 g/mol. The largest absolute Gasteiger partial charge is 0.123 e. The molecule has 1 aromatic rings. The summed E-state index contributed by atoms with van der Waals surface area (Å²) in [6.07, 6.45) is 4.36. The van der Waals surface area contributed by atoms with E-state index in [1.54, 1.807) is 0 Å². The number of hydrogen-bond donors (Lipinski definition) is 0. The summed E-state index contributed by atoms with van der Waals surface area (Å²) in [5, 5.41) is 0.212. The molecule has 0 nitrogen and oxygen atoms in total. The molecule has 0 aliphatic carbocycles. The number of benzene rings is 1. The minimum Gasteiger partial charge on any atom is -0.123 e. The van der Waals surface area contributed by atoms with Crippen LogP contribution in [0.2, 0.25) is 0 Å². The average molecular weight is 243 g/mol. The molecule has 2 heteroatoms. The van der Waals surface area contributed by atoms with Gasteiger partial charge in [0.2, 0.25) is 0 Å². The smallest absolute Gasteiger partial charge is 0.0390 e. The summed E-state index contributed by atoms with van der Waals surface area (Å²) in [5.41, 5.74) is 1.26. The van der Waals surface area contributed by atoms with Crippen molar-refractivity contribution in [3.05, 3.63) is 48.6 Å². The van der Waals surface area contributed by atoms with Crippen molar-refractivity contribution >= 4 is 23.2 Å². The van der Waals surface area contributed by atoms with Gasteiger partial charge in [-0.1, -0.05) is 36.4 Å². The minimum atomic E-state index is 0.105. The Bertz CT molecular complexity index is 282. The Balaban J connectivity index is 2.36. The van der Waals surface area contributed by atoms with E-state index in [0.29, 0.717) is 0 Å². The molecular formula is C13H16Cl2. The molecule has 0 unspecified atom stereocenters. The van der Waals surface area contributed by atoms with Crippen molar-refractivity contribution in [2.45, 2.75) is 30.0 Å². The molecule has 0 amide bonds. The molecule has 82 valence electrons. The van der Waals surface area contributed by atoms with Gasteiger partial charge in [0.1, 0.15) is 0 Å². The highest BCUT2D eigenvalue weighted by molar-refractivity contribution is 6.23. The summed E-state index contributed by atoms with van der Waals surface area (Å²) in [5.74, 6) is 0. The SMILES string of the molecule is C=CC[C@@H](Cl)C[C@@H](Cl)Cc1ccccc1. The van der Waals surface area contributed by atoms with Gasteiger partial charge in [0.25, 0.3) is 0 Å². The molecule has 1 rings (SSSR count). The van der Waals surface area contributed by atoms with E-state index in [1.165, 1.54) is 5.56 Å². The van der Waals surface area contributed by atoms with Crippen LogP contribution in [0.25, 0.3) is 0 Å². The lowest BCUT2D eigenvalue weighted by Gasteiger charge is -2.12. The molecule has 2 atom stereocenters. The van der Waals surface area contributed by atoms with Gasteiger partial charge >= 0.3 is 0 Å². The van der Waals surface area contributed by atoms with E-state index in [4.69, 9.17) is 23.2 Å².